The monoisotopic (exact) mass is 276 g/mol. The van der Waals surface area contributed by atoms with Crippen LogP contribution in [0, 0.1) is 12.3 Å². The van der Waals surface area contributed by atoms with Crippen LogP contribution < -0.4 is 10.6 Å². The Hall–Kier alpha value is -1.84. The maximum Gasteiger partial charge on any atom is 0.242 e. The molecule has 110 valence electrons. The summed E-state index contributed by atoms with van der Waals surface area (Å²) in [5, 5.41) is 5.56. The van der Waals surface area contributed by atoms with Gasteiger partial charge in [-0.2, -0.15) is 0 Å². The standard InChI is InChI=1S/C16H24N2O2/c1-11-8-6-7-9-13(11)10-17-14(19)12(2)18-15(20)16(3,4)5/h6-9,12H,10H2,1-5H3,(H,17,19)(H,18,20). The zero-order valence-corrected chi connectivity index (χ0v) is 12.9. The van der Waals surface area contributed by atoms with Gasteiger partial charge < -0.3 is 10.6 Å². The highest BCUT2D eigenvalue weighted by Crippen LogP contribution is 2.12. The Kier molecular flexibility index (Phi) is 5.31. The van der Waals surface area contributed by atoms with Gasteiger partial charge in [0.1, 0.15) is 6.04 Å². The van der Waals surface area contributed by atoms with Crippen LogP contribution in [-0.4, -0.2) is 17.9 Å². The van der Waals surface area contributed by atoms with Gasteiger partial charge in [0, 0.05) is 12.0 Å². The van der Waals surface area contributed by atoms with Crippen LogP contribution in [0.25, 0.3) is 0 Å². The largest absolute Gasteiger partial charge is 0.350 e. The minimum Gasteiger partial charge on any atom is -0.350 e. The molecule has 0 saturated heterocycles. The molecule has 2 amide bonds. The number of hydrogen-bond acceptors (Lipinski definition) is 2. The zero-order chi connectivity index (χ0) is 15.3. The number of nitrogens with one attached hydrogen (secondary N) is 2. The number of aryl methyl sites for hydroxylation is 1. The maximum atomic E-state index is 12.0. The average molecular weight is 276 g/mol. The van der Waals surface area contributed by atoms with Crippen molar-refractivity contribution in [3.05, 3.63) is 35.4 Å². The summed E-state index contributed by atoms with van der Waals surface area (Å²) in [5.41, 5.74) is 1.72. The smallest absolute Gasteiger partial charge is 0.242 e. The van der Waals surface area contributed by atoms with Gasteiger partial charge >= 0.3 is 0 Å². The number of carbonyl (C=O) groups is 2. The molecule has 20 heavy (non-hydrogen) atoms. The summed E-state index contributed by atoms with van der Waals surface area (Å²) >= 11 is 0. The van der Waals surface area contributed by atoms with E-state index in [1.165, 1.54) is 0 Å². The van der Waals surface area contributed by atoms with Crippen molar-refractivity contribution in [2.45, 2.75) is 47.2 Å². The Bertz CT molecular complexity index is 489. The molecule has 0 aliphatic heterocycles. The van der Waals surface area contributed by atoms with E-state index in [4.69, 9.17) is 0 Å². The first-order valence-electron chi connectivity index (χ1n) is 6.85. The van der Waals surface area contributed by atoms with E-state index in [2.05, 4.69) is 10.6 Å². The Morgan fingerprint density at radius 1 is 1.20 bits per heavy atom. The van der Waals surface area contributed by atoms with Crippen molar-refractivity contribution < 1.29 is 9.59 Å². The van der Waals surface area contributed by atoms with Crippen molar-refractivity contribution >= 4 is 11.8 Å². The molecule has 1 unspecified atom stereocenters. The lowest BCUT2D eigenvalue weighted by Gasteiger charge is -2.21. The number of amides is 2. The van der Waals surface area contributed by atoms with E-state index in [9.17, 15) is 9.59 Å². The van der Waals surface area contributed by atoms with Crippen molar-refractivity contribution in [1.29, 1.82) is 0 Å². The van der Waals surface area contributed by atoms with Crippen molar-refractivity contribution in [3.8, 4) is 0 Å². The Labute approximate surface area is 121 Å². The van der Waals surface area contributed by atoms with Crippen LogP contribution in [0.2, 0.25) is 0 Å². The highest BCUT2D eigenvalue weighted by molar-refractivity contribution is 5.89. The number of benzene rings is 1. The van der Waals surface area contributed by atoms with Crippen LogP contribution in [0.5, 0.6) is 0 Å². The highest BCUT2D eigenvalue weighted by Gasteiger charge is 2.24. The lowest BCUT2D eigenvalue weighted by atomic mass is 9.95. The predicted molar refractivity (Wildman–Crippen MR) is 80.1 cm³/mol. The van der Waals surface area contributed by atoms with Gasteiger partial charge in [-0.25, -0.2) is 0 Å². The fourth-order valence-electron chi connectivity index (χ4n) is 1.62. The zero-order valence-electron chi connectivity index (χ0n) is 12.9. The summed E-state index contributed by atoms with van der Waals surface area (Å²) in [4.78, 5) is 23.8. The van der Waals surface area contributed by atoms with Crippen LogP contribution >= 0.6 is 0 Å². The summed E-state index contributed by atoms with van der Waals surface area (Å²) in [7, 11) is 0. The first kappa shape index (κ1) is 16.2. The first-order valence-corrected chi connectivity index (χ1v) is 6.85. The molecule has 1 rings (SSSR count). The van der Waals surface area contributed by atoms with Crippen molar-refractivity contribution in [3.63, 3.8) is 0 Å². The molecule has 1 aromatic rings. The molecule has 0 saturated carbocycles. The average Bonchev–Trinajstić information content (AvgIpc) is 2.36. The Morgan fingerprint density at radius 2 is 1.80 bits per heavy atom. The van der Waals surface area contributed by atoms with Crippen molar-refractivity contribution in [1.82, 2.24) is 10.6 Å². The maximum absolute atomic E-state index is 12.0. The minimum absolute atomic E-state index is 0.129. The quantitative estimate of drug-likeness (QED) is 0.885. The molecule has 0 spiro atoms. The summed E-state index contributed by atoms with van der Waals surface area (Å²) in [5.74, 6) is -0.304. The lowest BCUT2D eigenvalue weighted by molar-refractivity contribution is -0.133. The summed E-state index contributed by atoms with van der Waals surface area (Å²) in [6.45, 7) is 9.63. The SMILES string of the molecule is Cc1ccccc1CNC(=O)C(C)NC(=O)C(C)(C)C. The van der Waals surface area contributed by atoms with Gasteiger partial charge in [-0.1, -0.05) is 45.0 Å². The fraction of sp³-hybridized carbons (Fsp3) is 0.500. The normalized spacial score (nSPS) is 12.7. The van der Waals surface area contributed by atoms with E-state index in [1.807, 2.05) is 52.0 Å². The minimum atomic E-state index is -0.536. The van der Waals surface area contributed by atoms with Crippen LogP contribution in [0.1, 0.15) is 38.8 Å². The molecule has 0 aromatic heterocycles. The van der Waals surface area contributed by atoms with Gasteiger partial charge in [-0.05, 0) is 25.0 Å². The van der Waals surface area contributed by atoms with Crippen LogP contribution in [0.4, 0.5) is 0 Å². The molecule has 0 aliphatic carbocycles. The predicted octanol–water partition coefficient (Wildman–Crippen LogP) is 2.16. The van der Waals surface area contributed by atoms with Gasteiger partial charge in [0.2, 0.25) is 11.8 Å². The van der Waals surface area contributed by atoms with E-state index in [-0.39, 0.29) is 11.8 Å². The second kappa shape index (κ2) is 6.55. The van der Waals surface area contributed by atoms with Gasteiger partial charge in [0.05, 0.1) is 0 Å². The van der Waals surface area contributed by atoms with E-state index >= 15 is 0 Å². The third-order valence-corrected chi connectivity index (χ3v) is 3.14. The first-order chi connectivity index (χ1) is 9.21. The molecule has 1 atom stereocenters. The number of rotatable bonds is 4. The van der Waals surface area contributed by atoms with Crippen molar-refractivity contribution in [2.24, 2.45) is 5.41 Å². The molecule has 0 bridgehead atoms. The summed E-state index contributed by atoms with van der Waals surface area (Å²) in [6, 6.07) is 7.36. The molecular weight excluding hydrogens is 252 g/mol. The van der Waals surface area contributed by atoms with Crippen LogP contribution in [-0.2, 0) is 16.1 Å². The second-order valence-corrected chi connectivity index (χ2v) is 6.09. The molecule has 0 heterocycles. The Balaban J connectivity index is 2.51. The van der Waals surface area contributed by atoms with E-state index < -0.39 is 11.5 Å². The third kappa shape index (κ3) is 4.68. The van der Waals surface area contributed by atoms with Crippen LogP contribution in [0.15, 0.2) is 24.3 Å². The molecule has 4 nitrogen and oxygen atoms in total. The summed E-state index contributed by atoms with van der Waals surface area (Å²) < 4.78 is 0. The molecule has 0 fully saturated rings. The van der Waals surface area contributed by atoms with Gasteiger partial charge in [-0.3, -0.25) is 9.59 Å². The molecule has 0 aliphatic rings. The van der Waals surface area contributed by atoms with Crippen molar-refractivity contribution in [2.75, 3.05) is 0 Å². The van der Waals surface area contributed by atoms with Crippen LogP contribution in [0.3, 0.4) is 0 Å². The van der Waals surface area contributed by atoms with E-state index in [0.717, 1.165) is 11.1 Å². The molecule has 2 N–H and O–H groups in total. The topological polar surface area (TPSA) is 58.2 Å². The number of hydrogen-bond donors (Lipinski definition) is 2. The Morgan fingerprint density at radius 3 is 2.35 bits per heavy atom. The molecular formula is C16H24N2O2. The third-order valence-electron chi connectivity index (χ3n) is 3.14. The van der Waals surface area contributed by atoms with Gasteiger partial charge in [-0.15, -0.1) is 0 Å². The number of carbonyl (C=O) groups excluding carboxylic acids is 2. The van der Waals surface area contributed by atoms with Gasteiger partial charge in [0.15, 0.2) is 0 Å². The lowest BCUT2D eigenvalue weighted by Crippen LogP contribution is -2.48. The van der Waals surface area contributed by atoms with Gasteiger partial charge in [0.25, 0.3) is 0 Å². The fourth-order valence-corrected chi connectivity index (χ4v) is 1.62. The van der Waals surface area contributed by atoms with E-state index in [1.54, 1.807) is 6.92 Å². The van der Waals surface area contributed by atoms with E-state index in [0.29, 0.717) is 6.54 Å². The second-order valence-electron chi connectivity index (χ2n) is 6.09. The molecule has 1 aromatic carbocycles. The molecule has 0 radical (unpaired) electrons. The highest BCUT2D eigenvalue weighted by atomic mass is 16.2. The summed E-state index contributed by atoms with van der Waals surface area (Å²) in [6.07, 6.45) is 0. The molecule has 4 heteroatoms.